The van der Waals surface area contributed by atoms with Gasteiger partial charge in [0.15, 0.2) is 0 Å². The number of carbonyl (C=O) groups excluding carboxylic acids is 1. The van der Waals surface area contributed by atoms with Crippen LogP contribution in [0.2, 0.25) is 0 Å². The summed E-state index contributed by atoms with van der Waals surface area (Å²) in [6.07, 6.45) is 7.34. The summed E-state index contributed by atoms with van der Waals surface area (Å²) in [6.45, 7) is 6.01. The Bertz CT molecular complexity index is 1150. The Kier molecular flexibility index (Phi) is 4.63. The van der Waals surface area contributed by atoms with Crippen LogP contribution in [0.3, 0.4) is 0 Å². The maximum absolute atomic E-state index is 12.2. The lowest BCUT2D eigenvalue weighted by Crippen LogP contribution is -2.17. The van der Waals surface area contributed by atoms with E-state index in [4.69, 9.17) is 4.74 Å². The van der Waals surface area contributed by atoms with Crippen LogP contribution in [-0.4, -0.2) is 19.9 Å². The first-order chi connectivity index (χ1) is 13.4. The van der Waals surface area contributed by atoms with Crippen molar-refractivity contribution in [3.63, 3.8) is 0 Å². The molecule has 0 aromatic carbocycles. The van der Waals surface area contributed by atoms with Crippen molar-refractivity contribution in [1.82, 2.24) is 14.0 Å². The Balaban J connectivity index is 1.46. The number of esters is 1. The molecule has 144 valence electrons. The summed E-state index contributed by atoms with van der Waals surface area (Å²) in [4.78, 5) is 28.8. The molecule has 6 nitrogen and oxygen atoms in total. The van der Waals surface area contributed by atoms with Crippen molar-refractivity contribution in [2.45, 2.75) is 46.3 Å². The molecule has 28 heavy (non-hydrogen) atoms. The molecule has 0 bridgehead atoms. The average Bonchev–Trinajstić information content (AvgIpc) is 3.45. The summed E-state index contributed by atoms with van der Waals surface area (Å²) >= 11 is 0. The third-order valence-corrected chi connectivity index (χ3v) is 5.14. The minimum atomic E-state index is -0.456. The van der Waals surface area contributed by atoms with E-state index in [0.717, 1.165) is 11.1 Å². The lowest BCUT2D eigenvalue weighted by molar-refractivity contribution is -0.139. The molecule has 0 atom stereocenters. The SMILES string of the molecule is Cc1cccn2c(=O)cc(COC(=O)/C=C/c3cc(C)n(C4CC4)c3C)nc12. The van der Waals surface area contributed by atoms with Crippen LogP contribution in [0.5, 0.6) is 0 Å². The molecule has 1 saturated carbocycles. The van der Waals surface area contributed by atoms with Crippen molar-refractivity contribution in [1.29, 1.82) is 0 Å². The van der Waals surface area contributed by atoms with E-state index in [2.05, 4.69) is 29.5 Å². The second kappa shape index (κ2) is 7.11. The Morgan fingerprint density at radius 3 is 2.82 bits per heavy atom. The highest BCUT2D eigenvalue weighted by Crippen LogP contribution is 2.38. The van der Waals surface area contributed by atoms with Crippen molar-refractivity contribution in [3.05, 3.63) is 75.1 Å². The van der Waals surface area contributed by atoms with Gasteiger partial charge in [0.1, 0.15) is 12.3 Å². The van der Waals surface area contributed by atoms with Crippen LogP contribution in [0, 0.1) is 20.8 Å². The number of hydrogen-bond acceptors (Lipinski definition) is 4. The highest BCUT2D eigenvalue weighted by molar-refractivity contribution is 5.87. The third kappa shape index (κ3) is 3.50. The highest BCUT2D eigenvalue weighted by Gasteiger charge is 2.26. The fourth-order valence-electron chi connectivity index (χ4n) is 3.60. The number of nitrogens with zero attached hydrogens (tertiary/aromatic N) is 3. The first-order valence-electron chi connectivity index (χ1n) is 9.45. The summed E-state index contributed by atoms with van der Waals surface area (Å²) < 4.78 is 9.10. The second-order valence-electron chi connectivity index (χ2n) is 7.34. The molecular formula is C22H23N3O3. The number of rotatable bonds is 5. The molecule has 3 aromatic heterocycles. The summed E-state index contributed by atoms with van der Waals surface area (Å²) in [5, 5.41) is 0. The van der Waals surface area contributed by atoms with E-state index in [1.54, 1.807) is 18.3 Å². The number of ether oxygens (including phenoxy) is 1. The molecule has 1 aliphatic rings. The Morgan fingerprint density at radius 1 is 1.29 bits per heavy atom. The Hall–Kier alpha value is -3.15. The summed E-state index contributed by atoms with van der Waals surface area (Å²) in [5.41, 5.74) is 5.12. The number of carbonyl (C=O) groups is 1. The van der Waals surface area contributed by atoms with Gasteiger partial charge in [0.2, 0.25) is 0 Å². The van der Waals surface area contributed by atoms with Gasteiger partial charge in [-0.3, -0.25) is 9.20 Å². The Labute approximate surface area is 163 Å². The van der Waals surface area contributed by atoms with E-state index in [-0.39, 0.29) is 12.2 Å². The van der Waals surface area contributed by atoms with Crippen molar-refractivity contribution in [3.8, 4) is 0 Å². The molecule has 0 radical (unpaired) electrons. The zero-order valence-corrected chi connectivity index (χ0v) is 16.3. The lowest BCUT2D eigenvalue weighted by atomic mass is 10.2. The van der Waals surface area contributed by atoms with Gasteiger partial charge in [0.25, 0.3) is 5.56 Å². The molecule has 0 spiro atoms. The van der Waals surface area contributed by atoms with Gasteiger partial charge in [-0.1, -0.05) is 6.07 Å². The molecule has 0 aliphatic heterocycles. The van der Waals surface area contributed by atoms with Crippen LogP contribution in [0.25, 0.3) is 11.7 Å². The van der Waals surface area contributed by atoms with E-state index in [9.17, 15) is 9.59 Å². The Morgan fingerprint density at radius 2 is 2.07 bits per heavy atom. The lowest BCUT2D eigenvalue weighted by Gasteiger charge is -2.07. The summed E-state index contributed by atoms with van der Waals surface area (Å²) in [7, 11) is 0. The van der Waals surface area contributed by atoms with Crippen LogP contribution in [0.1, 0.15) is 47.1 Å². The van der Waals surface area contributed by atoms with E-state index < -0.39 is 5.97 Å². The first kappa shape index (κ1) is 18.2. The average molecular weight is 377 g/mol. The molecule has 1 fully saturated rings. The quantitative estimate of drug-likeness (QED) is 0.504. The molecule has 3 aromatic rings. The van der Waals surface area contributed by atoms with Gasteiger partial charge in [-0.05, 0) is 62.9 Å². The van der Waals surface area contributed by atoms with E-state index in [0.29, 0.717) is 17.4 Å². The molecule has 0 unspecified atom stereocenters. The fourth-order valence-corrected chi connectivity index (χ4v) is 3.60. The molecule has 6 heteroatoms. The molecule has 1 aliphatic carbocycles. The number of fused-ring (bicyclic) bond motifs is 1. The van der Waals surface area contributed by atoms with Crippen molar-refractivity contribution < 1.29 is 9.53 Å². The molecule has 4 rings (SSSR count). The van der Waals surface area contributed by atoms with E-state index in [1.165, 1.54) is 40.8 Å². The van der Waals surface area contributed by atoms with Crippen molar-refractivity contribution in [2.75, 3.05) is 0 Å². The van der Waals surface area contributed by atoms with Gasteiger partial charge in [0.05, 0.1) is 5.69 Å². The maximum atomic E-state index is 12.2. The summed E-state index contributed by atoms with van der Waals surface area (Å²) in [6, 6.07) is 7.78. The second-order valence-corrected chi connectivity index (χ2v) is 7.34. The van der Waals surface area contributed by atoms with E-state index >= 15 is 0 Å². The number of aromatic nitrogens is 3. The zero-order valence-electron chi connectivity index (χ0n) is 16.3. The topological polar surface area (TPSA) is 65.6 Å². The molecule has 0 N–H and O–H groups in total. The predicted molar refractivity (Wildman–Crippen MR) is 107 cm³/mol. The van der Waals surface area contributed by atoms with Gasteiger partial charge >= 0.3 is 5.97 Å². The van der Waals surface area contributed by atoms with Crippen molar-refractivity contribution >= 4 is 17.7 Å². The molecule has 0 saturated heterocycles. The molecule has 3 heterocycles. The predicted octanol–water partition coefficient (Wildman–Crippen LogP) is 3.51. The fraction of sp³-hybridized carbons (Fsp3) is 0.318. The largest absolute Gasteiger partial charge is 0.456 e. The molecular weight excluding hydrogens is 354 g/mol. The maximum Gasteiger partial charge on any atom is 0.331 e. The molecule has 0 amide bonds. The smallest absolute Gasteiger partial charge is 0.331 e. The first-order valence-corrected chi connectivity index (χ1v) is 9.45. The van der Waals surface area contributed by atoms with Crippen LogP contribution in [0.15, 0.2) is 41.3 Å². The van der Waals surface area contributed by atoms with Gasteiger partial charge in [-0.2, -0.15) is 0 Å². The van der Waals surface area contributed by atoms with Gasteiger partial charge in [-0.25, -0.2) is 9.78 Å². The minimum absolute atomic E-state index is 0.0374. The third-order valence-electron chi connectivity index (χ3n) is 5.14. The van der Waals surface area contributed by atoms with Gasteiger partial charge < -0.3 is 9.30 Å². The van der Waals surface area contributed by atoms with Crippen LogP contribution < -0.4 is 5.56 Å². The monoisotopic (exact) mass is 377 g/mol. The highest BCUT2D eigenvalue weighted by atomic mass is 16.5. The number of hydrogen-bond donors (Lipinski definition) is 0. The van der Waals surface area contributed by atoms with Gasteiger partial charge in [0, 0.05) is 35.8 Å². The minimum Gasteiger partial charge on any atom is -0.456 e. The van der Waals surface area contributed by atoms with Crippen LogP contribution in [0.4, 0.5) is 0 Å². The zero-order chi connectivity index (χ0) is 19.8. The number of aryl methyl sites for hydroxylation is 2. The summed E-state index contributed by atoms with van der Waals surface area (Å²) in [5.74, 6) is -0.456. The van der Waals surface area contributed by atoms with Crippen LogP contribution >= 0.6 is 0 Å². The van der Waals surface area contributed by atoms with E-state index in [1.807, 2.05) is 13.0 Å². The normalized spacial score (nSPS) is 14.1. The standard InChI is InChI=1S/C22H23N3O3/c1-14-5-4-10-24-20(26)12-18(23-22(14)24)13-28-21(27)9-6-17-11-15(2)25(16(17)3)19-7-8-19/h4-6,9-12,19H,7-8,13H2,1-3H3/b9-6+. The van der Waals surface area contributed by atoms with Crippen molar-refractivity contribution in [2.24, 2.45) is 0 Å². The number of pyridine rings is 1. The van der Waals surface area contributed by atoms with Crippen LogP contribution in [-0.2, 0) is 16.1 Å². The van der Waals surface area contributed by atoms with Gasteiger partial charge in [-0.15, -0.1) is 0 Å².